The Morgan fingerprint density at radius 2 is 1.90 bits per heavy atom. The molecule has 1 aliphatic heterocycles. The molecule has 2 unspecified atom stereocenters. The standard InChI is InChI=1S/C21H32N4O3.HI/c1-6-22-21(25-12-15(4)18(13-25)20(27)28-5)23-11-16-7-9-17(10-8-16)24-19(26)14(2)3;/h7-10,14-15,18H,6,11-13H2,1-5H3,(H,22,23)(H,24,26);1H. The third-order valence-corrected chi connectivity index (χ3v) is 4.91. The number of halogens is 1. The maximum absolute atomic E-state index is 11.9. The summed E-state index contributed by atoms with van der Waals surface area (Å²) in [6.45, 7) is 10.5. The van der Waals surface area contributed by atoms with Crippen LogP contribution in [-0.4, -0.2) is 49.5 Å². The number of likely N-dealkylation sites (tertiary alicyclic amines) is 1. The SMILES string of the molecule is CCNC(=NCc1ccc(NC(=O)C(C)C)cc1)N1CC(C)C(C(=O)OC)C1.I. The second-order valence-corrected chi connectivity index (χ2v) is 7.52. The monoisotopic (exact) mass is 516 g/mol. The van der Waals surface area contributed by atoms with Crippen LogP contribution < -0.4 is 10.6 Å². The van der Waals surface area contributed by atoms with Gasteiger partial charge in [0.25, 0.3) is 0 Å². The van der Waals surface area contributed by atoms with Gasteiger partial charge >= 0.3 is 5.97 Å². The molecule has 0 aliphatic carbocycles. The van der Waals surface area contributed by atoms with Crippen LogP contribution in [0.2, 0.25) is 0 Å². The Labute approximate surface area is 190 Å². The number of methoxy groups -OCH3 is 1. The highest BCUT2D eigenvalue weighted by Gasteiger charge is 2.36. The Morgan fingerprint density at radius 1 is 1.24 bits per heavy atom. The van der Waals surface area contributed by atoms with Crippen LogP contribution >= 0.6 is 24.0 Å². The molecule has 2 atom stereocenters. The molecule has 1 saturated heterocycles. The van der Waals surface area contributed by atoms with Gasteiger partial charge in [-0.1, -0.05) is 32.9 Å². The lowest BCUT2D eigenvalue weighted by Crippen LogP contribution is -2.40. The number of esters is 1. The van der Waals surface area contributed by atoms with Gasteiger partial charge in [-0.15, -0.1) is 24.0 Å². The van der Waals surface area contributed by atoms with Crippen LogP contribution in [0, 0.1) is 17.8 Å². The van der Waals surface area contributed by atoms with Gasteiger partial charge in [0.2, 0.25) is 5.91 Å². The zero-order valence-electron chi connectivity index (χ0n) is 17.9. The number of carbonyl (C=O) groups excluding carboxylic acids is 2. The van der Waals surface area contributed by atoms with Crippen LogP contribution in [0.25, 0.3) is 0 Å². The molecule has 29 heavy (non-hydrogen) atoms. The van der Waals surface area contributed by atoms with Gasteiger partial charge in [0.1, 0.15) is 0 Å². The average Bonchev–Trinajstić information content (AvgIpc) is 3.07. The first kappa shape index (κ1) is 25.2. The molecule has 0 radical (unpaired) electrons. The molecule has 1 aromatic carbocycles. The maximum atomic E-state index is 11.9. The molecule has 1 aromatic rings. The number of rotatable bonds is 6. The number of ether oxygens (including phenoxy) is 1. The maximum Gasteiger partial charge on any atom is 0.310 e. The molecule has 0 aromatic heterocycles. The molecule has 0 bridgehead atoms. The predicted octanol–water partition coefficient (Wildman–Crippen LogP) is 3.11. The molecule has 1 amide bonds. The highest BCUT2D eigenvalue weighted by Crippen LogP contribution is 2.24. The Morgan fingerprint density at radius 3 is 2.45 bits per heavy atom. The number of hydrogen-bond donors (Lipinski definition) is 2. The molecule has 0 spiro atoms. The number of nitrogens with one attached hydrogen (secondary N) is 2. The summed E-state index contributed by atoms with van der Waals surface area (Å²) < 4.78 is 4.92. The van der Waals surface area contributed by atoms with Crippen molar-refractivity contribution in [1.82, 2.24) is 10.2 Å². The molecule has 162 valence electrons. The van der Waals surface area contributed by atoms with Gasteiger partial charge < -0.3 is 20.3 Å². The lowest BCUT2D eigenvalue weighted by Gasteiger charge is -2.21. The van der Waals surface area contributed by atoms with Crippen molar-refractivity contribution in [3.8, 4) is 0 Å². The topological polar surface area (TPSA) is 83.0 Å². The third-order valence-electron chi connectivity index (χ3n) is 4.91. The lowest BCUT2D eigenvalue weighted by atomic mass is 9.99. The molecule has 1 fully saturated rings. The van der Waals surface area contributed by atoms with Crippen LogP contribution in [0.15, 0.2) is 29.3 Å². The van der Waals surface area contributed by atoms with Crippen molar-refractivity contribution in [2.45, 2.75) is 34.2 Å². The Kier molecular flexibility index (Phi) is 10.4. The summed E-state index contributed by atoms with van der Waals surface area (Å²) in [5, 5.41) is 6.19. The molecular formula is C21H33IN4O3. The number of hydrogen-bond acceptors (Lipinski definition) is 4. The van der Waals surface area contributed by atoms with E-state index >= 15 is 0 Å². The van der Waals surface area contributed by atoms with Gasteiger partial charge in [0, 0.05) is 31.2 Å². The largest absolute Gasteiger partial charge is 0.469 e. The van der Waals surface area contributed by atoms with Crippen molar-refractivity contribution in [2.75, 3.05) is 32.1 Å². The summed E-state index contributed by atoms with van der Waals surface area (Å²) >= 11 is 0. The van der Waals surface area contributed by atoms with Gasteiger partial charge in [-0.3, -0.25) is 9.59 Å². The zero-order chi connectivity index (χ0) is 20.7. The minimum absolute atomic E-state index is 0. The number of nitrogens with zero attached hydrogens (tertiary/aromatic N) is 2. The molecule has 8 heteroatoms. The lowest BCUT2D eigenvalue weighted by molar-refractivity contribution is -0.146. The van der Waals surface area contributed by atoms with Gasteiger partial charge in [-0.2, -0.15) is 0 Å². The van der Waals surface area contributed by atoms with Crippen LogP contribution in [-0.2, 0) is 20.9 Å². The Hall–Kier alpha value is -1.84. The number of anilines is 1. The second kappa shape index (κ2) is 12.0. The van der Waals surface area contributed by atoms with Crippen molar-refractivity contribution in [3.63, 3.8) is 0 Å². The quantitative estimate of drug-likeness (QED) is 0.263. The summed E-state index contributed by atoms with van der Waals surface area (Å²) in [7, 11) is 1.43. The Bertz CT molecular complexity index is 706. The summed E-state index contributed by atoms with van der Waals surface area (Å²) in [5.41, 5.74) is 1.84. The minimum Gasteiger partial charge on any atom is -0.469 e. The van der Waals surface area contributed by atoms with Crippen LogP contribution in [0.1, 0.15) is 33.3 Å². The van der Waals surface area contributed by atoms with Crippen molar-refractivity contribution in [2.24, 2.45) is 22.7 Å². The van der Waals surface area contributed by atoms with Crippen LogP contribution in [0.3, 0.4) is 0 Å². The van der Waals surface area contributed by atoms with Gasteiger partial charge in [0.15, 0.2) is 5.96 Å². The first-order chi connectivity index (χ1) is 13.3. The number of guanidine groups is 1. The molecule has 2 N–H and O–H groups in total. The van der Waals surface area contributed by atoms with E-state index in [-0.39, 0.29) is 53.6 Å². The van der Waals surface area contributed by atoms with E-state index in [1.807, 2.05) is 45.0 Å². The van der Waals surface area contributed by atoms with Gasteiger partial charge in [-0.25, -0.2) is 4.99 Å². The molecule has 7 nitrogen and oxygen atoms in total. The van der Waals surface area contributed by atoms with E-state index in [0.29, 0.717) is 13.1 Å². The molecule has 1 aliphatic rings. The summed E-state index contributed by atoms with van der Waals surface area (Å²) in [5.74, 6) is 0.688. The first-order valence-electron chi connectivity index (χ1n) is 9.86. The number of carbonyl (C=O) groups is 2. The van der Waals surface area contributed by atoms with E-state index in [4.69, 9.17) is 9.73 Å². The molecule has 0 saturated carbocycles. The van der Waals surface area contributed by atoms with E-state index in [9.17, 15) is 9.59 Å². The Balaban J connectivity index is 0.00000420. The highest BCUT2D eigenvalue weighted by molar-refractivity contribution is 14.0. The fraction of sp³-hybridized carbons (Fsp3) is 0.571. The molecule has 2 rings (SSSR count). The normalized spacial score (nSPS) is 19.0. The summed E-state index contributed by atoms with van der Waals surface area (Å²) in [6.07, 6.45) is 0. The van der Waals surface area contributed by atoms with Crippen molar-refractivity contribution < 1.29 is 14.3 Å². The van der Waals surface area contributed by atoms with E-state index < -0.39 is 0 Å². The molecule has 1 heterocycles. The summed E-state index contributed by atoms with van der Waals surface area (Å²) in [4.78, 5) is 30.6. The van der Waals surface area contributed by atoms with E-state index in [0.717, 1.165) is 30.3 Å². The fourth-order valence-corrected chi connectivity index (χ4v) is 3.17. The van der Waals surface area contributed by atoms with Gasteiger partial charge in [0.05, 0.1) is 19.6 Å². The van der Waals surface area contributed by atoms with Crippen molar-refractivity contribution >= 4 is 47.5 Å². The van der Waals surface area contributed by atoms with Crippen molar-refractivity contribution in [3.05, 3.63) is 29.8 Å². The van der Waals surface area contributed by atoms with E-state index in [1.165, 1.54) is 7.11 Å². The smallest absolute Gasteiger partial charge is 0.310 e. The second-order valence-electron chi connectivity index (χ2n) is 7.52. The highest BCUT2D eigenvalue weighted by atomic mass is 127. The number of amides is 1. The van der Waals surface area contributed by atoms with Crippen LogP contribution in [0.5, 0.6) is 0 Å². The van der Waals surface area contributed by atoms with Crippen LogP contribution in [0.4, 0.5) is 5.69 Å². The summed E-state index contributed by atoms with van der Waals surface area (Å²) in [6, 6.07) is 7.71. The predicted molar refractivity (Wildman–Crippen MR) is 126 cm³/mol. The minimum atomic E-state index is -0.162. The first-order valence-corrected chi connectivity index (χ1v) is 9.86. The van der Waals surface area contributed by atoms with E-state index in [2.05, 4.69) is 22.5 Å². The van der Waals surface area contributed by atoms with E-state index in [1.54, 1.807) is 0 Å². The van der Waals surface area contributed by atoms with Gasteiger partial charge in [-0.05, 0) is 30.5 Å². The zero-order valence-corrected chi connectivity index (χ0v) is 20.2. The fourth-order valence-electron chi connectivity index (χ4n) is 3.17. The van der Waals surface area contributed by atoms with Crippen molar-refractivity contribution in [1.29, 1.82) is 0 Å². The molecular weight excluding hydrogens is 483 g/mol. The average molecular weight is 516 g/mol. The number of benzene rings is 1. The third kappa shape index (κ3) is 7.17. The number of aliphatic imine (C=N–C) groups is 1.